The molecular formula is C39H31N3S. The highest BCUT2D eigenvalue weighted by Crippen LogP contribution is 2.60. The molecule has 3 heterocycles. The smallest absolute Gasteiger partial charge is 0.160 e. The van der Waals surface area contributed by atoms with Gasteiger partial charge in [-0.15, -0.1) is 11.3 Å². The van der Waals surface area contributed by atoms with Gasteiger partial charge in [0.25, 0.3) is 0 Å². The lowest BCUT2D eigenvalue weighted by atomic mass is 9.65. The summed E-state index contributed by atoms with van der Waals surface area (Å²) in [6.45, 7) is 0. The summed E-state index contributed by atoms with van der Waals surface area (Å²) in [5.74, 6) is 0.767. The Labute approximate surface area is 255 Å². The van der Waals surface area contributed by atoms with Crippen molar-refractivity contribution in [2.45, 2.75) is 50.4 Å². The van der Waals surface area contributed by atoms with E-state index in [1.807, 2.05) is 24.5 Å². The molecule has 0 radical (unpaired) electrons. The summed E-state index contributed by atoms with van der Waals surface area (Å²) in [7, 11) is 0. The van der Waals surface area contributed by atoms with Gasteiger partial charge in [-0.25, -0.2) is 9.97 Å². The lowest BCUT2D eigenvalue weighted by molar-refractivity contribution is 0.352. The molecule has 3 aliphatic rings. The largest absolute Gasteiger partial charge is 0.265 e. The van der Waals surface area contributed by atoms with Gasteiger partial charge in [0.15, 0.2) is 5.82 Å². The summed E-state index contributed by atoms with van der Waals surface area (Å²) in [6.07, 6.45) is 17.5. The van der Waals surface area contributed by atoms with E-state index >= 15 is 0 Å². The van der Waals surface area contributed by atoms with Crippen LogP contribution in [0.2, 0.25) is 0 Å². The topological polar surface area (TPSA) is 38.7 Å². The number of allylic oxidation sites excluding steroid dienone is 4. The Hall–Kier alpha value is -4.41. The van der Waals surface area contributed by atoms with Gasteiger partial charge in [0, 0.05) is 39.0 Å². The molecule has 0 N–H and O–H groups in total. The van der Waals surface area contributed by atoms with Crippen molar-refractivity contribution in [2.24, 2.45) is 0 Å². The molecule has 3 aromatic heterocycles. The van der Waals surface area contributed by atoms with Gasteiger partial charge in [-0.1, -0.05) is 86.0 Å². The molecule has 9 rings (SSSR count). The molecular weight excluding hydrogens is 543 g/mol. The van der Waals surface area contributed by atoms with E-state index in [0.29, 0.717) is 0 Å². The Morgan fingerprint density at radius 2 is 1.47 bits per heavy atom. The maximum Gasteiger partial charge on any atom is 0.160 e. The monoisotopic (exact) mass is 573 g/mol. The molecule has 1 fully saturated rings. The van der Waals surface area contributed by atoms with Crippen molar-refractivity contribution in [1.82, 2.24) is 15.0 Å². The molecule has 1 saturated carbocycles. The molecule has 3 aromatic carbocycles. The number of thiophene rings is 1. The van der Waals surface area contributed by atoms with Crippen molar-refractivity contribution in [2.75, 3.05) is 0 Å². The first-order chi connectivity index (χ1) is 21.3. The van der Waals surface area contributed by atoms with Gasteiger partial charge in [-0.2, -0.15) is 0 Å². The first-order valence-corrected chi connectivity index (χ1v) is 16.4. The number of hydrogen-bond donors (Lipinski definition) is 0. The van der Waals surface area contributed by atoms with Crippen LogP contribution in [0.25, 0.3) is 59.6 Å². The van der Waals surface area contributed by atoms with Gasteiger partial charge in [0.05, 0.1) is 15.9 Å². The van der Waals surface area contributed by atoms with Crippen molar-refractivity contribution in [3.63, 3.8) is 0 Å². The fourth-order valence-corrected chi connectivity index (χ4v) is 9.13. The van der Waals surface area contributed by atoms with Crippen LogP contribution in [0.1, 0.15) is 56.1 Å². The van der Waals surface area contributed by atoms with Crippen molar-refractivity contribution in [3.8, 4) is 33.8 Å². The van der Waals surface area contributed by atoms with Gasteiger partial charge in [0.2, 0.25) is 0 Å². The van der Waals surface area contributed by atoms with Crippen LogP contribution in [0, 0.1) is 0 Å². The average Bonchev–Trinajstić information content (AvgIpc) is 3.59. The minimum atomic E-state index is 0.145. The van der Waals surface area contributed by atoms with Crippen LogP contribution in [0.3, 0.4) is 0 Å². The predicted molar refractivity (Wildman–Crippen MR) is 179 cm³/mol. The van der Waals surface area contributed by atoms with E-state index in [1.165, 1.54) is 64.5 Å². The summed E-state index contributed by atoms with van der Waals surface area (Å²) in [5, 5.41) is 1.18. The van der Waals surface area contributed by atoms with Gasteiger partial charge < -0.3 is 0 Å². The number of rotatable bonds is 3. The van der Waals surface area contributed by atoms with Crippen LogP contribution in [0.5, 0.6) is 0 Å². The zero-order chi connectivity index (χ0) is 28.4. The molecule has 0 bridgehead atoms. The van der Waals surface area contributed by atoms with Crippen LogP contribution in [-0.4, -0.2) is 15.0 Å². The number of fused-ring (bicyclic) bond motifs is 8. The van der Waals surface area contributed by atoms with Gasteiger partial charge in [-0.3, -0.25) is 4.98 Å². The molecule has 0 atom stereocenters. The summed E-state index contributed by atoms with van der Waals surface area (Å²) in [5.41, 5.74) is 13.0. The molecule has 0 unspecified atom stereocenters. The highest BCUT2D eigenvalue weighted by Gasteiger charge is 2.47. The fraction of sp³-hybridized carbons (Fsp3) is 0.205. The second-order valence-electron chi connectivity index (χ2n) is 12.2. The molecule has 0 saturated heterocycles. The molecule has 0 aliphatic heterocycles. The SMILES string of the molecule is C1=C2C(=CCC1)C1(CCCCC1)c1c2cccc1-c1cccc(-c2nc(-c3ccncc3)c3sc4ccccc4c3n2)c1. The molecule has 3 aliphatic carbocycles. The van der Waals surface area contributed by atoms with Crippen molar-refractivity contribution < 1.29 is 0 Å². The third-order valence-electron chi connectivity index (χ3n) is 9.81. The minimum Gasteiger partial charge on any atom is -0.265 e. The van der Waals surface area contributed by atoms with Crippen molar-refractivity contribution in [1.29, 1.82) is 0 Å². The van der Waals surface area contributed by atoms with E-state index in [0.717, 1.165) is 45.7 Å². The summed E-state index contributed by atoms with van der Waals surface area (Å²) >= 11 is 1.77. The van der Waals surface area contributed by atoms with E-state index in [9.17, 15) is 0 Å². The molecule has 3 nitrogen and oxygen atoms in total. The normalized spacial score (nSPS) is 17.1. The quantitative estimate of drug-likeness (QED) is 0.211. The van der Waals surface area contributed by atoms with E-state index in [4.69, 9.17) is 9.97 Å². The third kappa shape index (κ3) is 3.82. The number of hydrogen-bond acceptors (Lipinski definition) is 4. The number of aromatic nitrogens is 3. The zero-order valence-electron chi connectivity index (χ0n) is 24.0. The first-order valence-electron chi connectivity index (χ1n) is 15.6. The summed E-state index contributed by atoms with van der Waals surface area (Å²) < 4.78 is 2.35. The van der Waals surface area contributed by atoms with Crippen LogP contribution >= 0.6 is 11.3 Å². The maximum absolute atomic E-state index is 5.24. The van der Waals surface area contributed by atoms with Crippen LogP contribution in [0.4, 0.5) is 0 Å². The number of pyridine rings is 1. The second-order valence-corrected chi connectivity index (χ2v) is 13.2. The number of benzene rings is 3. The van der Waals surface area contributed by atoms with Crippen LogP contribution in [0.15, 0.2) is 109 Å². The lowest BCUT2D eigenvalue weighted by Gasteiger charge is -2.38. The van der Waals surface area contributed by atoms with Gasteiger partial charge in [0.1, 0.15) is 0 Å². The number of nitrogens with zero attached hydrogens (tertiary/aromatic N) is 3. The fourth-order valence-electron chi connectivity index (χ4n) is 7.98. The Balaban J connectivity index is 1.25. The van der Waals surface area contributed by atoms with E-state index in [2.05, 4.69) is 83.9 Å². The highest BCUT2D eigenvalue weighted by molar-refractivity contribution is 7.26. The molecule has 4 heteroatoms. The summed E-state index contributed by atoms with van der Waals surface area (Å²) in [4.78, 5) is 14.7. The van der Waals surface area contributed by atoms with Crippen molar-refractivity contribution >= 4 is 37.2 Å². The summed E-state index contributed by atoms with van der Waals surface area (Å²) in [6, 6.07) is 28.6. The van der Waals surface area contributed by atoms with E-state index < -0.39 is 0 Å². The van der Waals surface area contributed by atoms with E-state index in [1.54, 1.807) is 22.5 Å². The van der Waals surface area contributed by atoms with E-state index in [-0.39, 0.29) is 5.41 Å². The standard InChI is InChI=1S/C39H31N3S/c1-6-20-39(21-7-1)32-16-4-2-12-29(32)30-15-9-14-28(34(30)39)26-10-8-11-27(24-26)38-41-35(25-18-22-40-23-19-25)37-36(42-38)31-13-3-5-17-33(31)43-37/h3,5,8-19,22-24H,1-2,4,6-7,20-21H2. The molecule has 43 heavy (non-hydrogen) atoms. The highest BCUT2D eigenvalue weighted by atomic mass is 32.1. The zero-order valence-corrected chi connectivity index (χ0v) is 24.8. The van der Waals surface area contributed by atoms with Crippen LogP contribution in [-0.2, 0) is 5.41 Å². The maximum atomic E-state index is 5.24. The molecule has 208 valence electrons. The molecule has 0 amide bonds. The Bertz CT molecular complexity index is 2110. The Morgan fingerprint density at radius 3 is 2.37 bits per heavy atom. The van der Waals surface area contributed by atoms with Crippen LogP contribution < -0.4 is 0 Å². The predicted octanol–water partition coefficient (Wildman–Crippen LogP) is 10.6. The molecule has 1 spiro atoms. The average molecular weight is 574 g/mol. The first kappa shape index (κ1) is 25.1. The Kier molecular flexibility index (Phi) is 5.74. The third-order valence-corrected chi connectivity index (χ3v) is 11.0. The van der Waals surface area contributed by atoms with Crippen molar-refractivity contribution in [3.05, 3.63) is 120 Å². The second kappa shape index (κ2) is 9.82. The minimum absolute atomic E-state index is 0.145. The van der Waals surface area contributed by atoms with Gasteiger partial charge in [-0.05, 0) is 83.3 Å². The molecule has 6 aromatic rings. The Morgan fingerprint density at radius 1 is 0.674 bits per heavy atom. The van der Waals surface area contributed by atoms with Gasteiger partial charge >= 0.3 is 0 Å². The lowest BCUT2D eigenvalue weighted by Crippen LogP contribution is -2.29.